The molecule has 0 amide bonds. The standard InChI is InChI=1S/C8H7NO3.Na/c9-4-5-2-1-3-6(7(5)10)8(11)12;/h1-4,9-10H,(H,11,12);/q;+1/p-1. The Kier molecular flexibility index (Phi) is 4.69. The number of hydrogen-bond donors (Lipinski definition) is 2. The zero-order valence-corrected chi connectivity index (χ0v) is 9.07. The molecule has 1 aromatic carbocycles. The first-order valence-corrected chi connectivity index (χ1v) is 3.20. The summed E-state index contributed by atoms with van der Waals surface area (Å²) in [5.74, 6) is -1.87. The summed E-state index contributed by atoms with van der Waals surface area (Å²) in [6, 6.07) is 4.09. The second-order valence-corrected chi connectivity index (χ2v) is 2.18. The van der Waals surface area contributed by atoms with Crippen molar-refractivity contribution in [2.75, 3.05) is 0 Å². The molecule has 0 saturated heterocycles. The van der Waals surface area contributed by atoms with Crippen LogP contribution in [0.4, 0.5) is 0 Å². The van der Waals surface area contributed by atoms with Crippen LogP contribution in [0.3, 0.4) is 0 Å². The minimum atomic E-state index is -1.45. The second-order valence-electron chi connectivity index (χ2n) is 2.18. The van der Waals surface area contributed by atoms with Crippen molar-refractivity contribution in [3.05, 3.63) is 29.3 Å². The summed E-state index contributed by atoms with van der Waals surface area (Å²) in [5, 5.41) is 26.4. The van der Waals surface area contributed by atoms with Gasteiger partial charge in [0.1, 0.15) is 5.75 Å². The van der Waals surface area contributed by atoms with Crippen molar-refractivity contribution in [2.45, 2.75) is 0 Å². The Hall–Kier alpha value is -0.840. The Morgan fingerprint density at radius 1 is 1.54 bits per heavy atom. The number of aromatic hydroxyl groups is 1. The fraction of sp³-hybridized carbons (Fsp3) is 0. The largest absolute Gasteiger partial charge is 1.00 e. The number of nitrogens with one attached hydrogen (secondary N) is 1. The van der Waals surface area contributed by atoms with E-state index in [9.17, 15) is 15.0 Å². The molecule has 1 aromatic rings. The molecule has 0 aliphatic rings. The van der Waals surface area contributed by atoms with Gasteiger partial charge in [0.05, 0.1) is 5.97 Å². The van der Waals surface area contributed by atoms with Crippen LogP contribution in [0.2, 0.25) is 0 Å². The maximum Gasteiger partial charge on any atom is 1.00 e. The van der Waals surface area contributed by atoms with E-state index in [1.807, 2.05) is 0 Å². The van der Waals surface area contributed by atoms with Crippen LogP contribution in [0, 0.1) is 5.41 Å². The molecule has 0 fully saturated rings. The molecule has 0 saturated carbocycles. The van der Waals surface area contributed by atoms with Crippen molar-refractivity contribution < 1.29 is 44.6 Å². The van der Waals surface area contributed by atoms with Crippen LogP contribution < -0.4 is 34.7 Å². The van der Waals surface area contributed by atoms with Crippen molar-refractivity contribution in [1.82, 2.24) is 0 Å². The number of carboxylic acid groups (broad SMARTS) is 1. The SMILES string of the molecule is N=Cc1cccc(C(=O)[O-])c1O.[Na+]. The number of carbonyl (C=O) groups excluding carboxylic acids is 1. The first-order valence-electron chi connectivity index (χ1n) is 3.20. The maximum atomic E-state index is 10.3. The summed E-state index contributed by atoms with van der Waals surface area (Å²) in [6.07, 6.45) is 0.877. The van der Waals surface area contributed by atoms with Gasteiger partial charge in [-0.05, 0) is 12.1 Å². The van der Waals surface area contributed by atoms with Crippen LogP contribution in [0.15, 0.2) is 18.2 Å². The molecule has 0 spiro atoms. The van der Waals surface area contributed by atoms with Crippen molar-refractivity contribution in [3.8, 4) is 5.75 Å². The van der Waals surface area contributed by atoms with Crippen LogP contribution in [0.25, 0.3) is 0 Å². The summed E-state index contributed by atoms with van der Waals surface area (Å²) < 4.78 is 0. The summed E-state index contributed by atoms with van der Waals surface area (Å²) >= 11 is 0. The van der Waals surface area contributed by atoms with E-state index in [4.69, 9.17) is 5.41 Å². The van der Waals surface area contributed by atoms with Crippen molar-refractivity contribution in [1.29, 1.82) is 5.41 Å². The first-order chi connectivity index (χ1) is 5.66. The summed E-state index contributed by atoms with van der Waals surface area (Å²) in [7, 11) is 0. The summed E-state index contributed by atoms with van der Waals surface area (Å²) in [6.45, 7) is 0. The molecule has 4 nitrogen and oxygen atoms in total. The molecule has 0 atom stereocenters. The Bertz CT molecular complexity index is 338. The Morgan fingerprint density at radius 3 is 2.62 bits per heavy atom. The average Bonchev–Trinajstić information content (AvgIpc) is 2.04. The van der Waals surface area contributed by atoms with E-state index in [-0.39, 0.29) is 40.7 Å². The van der Waals surface area contributed by atoms with E-state index in [0.29, 0.717) is 0 Å². The second kappa shape index (κ2) is 5.01. The van der Waals surface area contributed by atoms with Gasteiger partial charge in [-0.1, -0.05) is 6.07 Å². The minimum absolute atomic E-state index is 0. The maximum absolute atomic E-state index is 10.3. The number of benzene rings is 1. The first kappa shape index (κ1) is 12.2. The van der Waals surface area contributed by atoms with Crippen LogP contribution in [-0.4, -0.2) is 17.3 Å². The van der Waals surface area contributed by atoms with Gasteiger partial charge in [0.2, 0.25) is 0 Å². The molecule has 5 heteroatoms. The molecule has 0 heterocycles. The molecule has 0 aliphatic carbocycles. The third kappa shape index (κ3) is 2.55. The molecule has 0 aliphatic heterocycles. The third-order valence-electron chi connectivity index (χ3n) is 1.44. The predicted molar refractivity (Wildman–Crippen MR) is 40.3 cm³/mol. The van der Waals surface area contributed by atoms with Gasteiger partial charge in [-0.25, -0.2) is 0 Å². The fourth-order valence-electron chi connectivity index (χ4n) is 0.843. The van der Waals surface area contributed by atoms with Crippen molar-refractivity contribution in [2.24, 2.45) is 0 Å². The summed E-state index contributed by atoms with van der Waals surface area (Å²) in [4.78, 5) is 10.3. The Labute approximate surface area is 97.0 Å². The number of rotatable bonds is 2. The number of hydrogen-bond acceptors (Lipinski definition) is 4. The number of aromatic carboxylic acids is 1. The van der Waals surface area contributed by atoms with Crippen molar-refractivity contribution in [3.63, 3.8) is 0 Å². The molecule has 0 radical (unpaired) electrons. The Morgan fingerprint density at radius 2 is 2.15 bits per heavy atom. The van der Waals surface area contributed by atoms with Crippen LogP contribution >= 0.6 is 0 Å². The van der Waals surface area contributed by atoms with Gasteiger partial charge in [-0.15, -0.1) is 0 Å². The van der Waals surface area contributed by atoms with Crippen molar-refractivity contribution >= 4 is 12.2 Å². The van der Waals surface area contributed by atoms with Gasteiger partial charge < -0.3 is 20.4 Å². The van der Waals surface area contributed by atoms with Gasteiger partial charge in [0, 0.05) is 17.3 Å². The predicted octanol–water partition coefficient (Wildman–Crippen LogP) is -3.24. The topological polar surface area (TPSA) is 84.2 Å². The third-order valence-corrected chi connectivity index (χ3v) is 1.44. The molecule has 62 valence electrons. The van der Waals surface area contributed by atoms with E-state index >= 15 is 0 Å². The fourth-order valence-corrected chi connectivity index (χ4v) is 0.843. The van der Waals surface area contributed by atoms with Gasteiger partial charge in [0.15, 0.2) is 0 Å². The number of carboxylic acids is 1. The number of carbonyl (C=O) groups is 1. The van der Waals surface area contributed by atoms with Crippen LogP contribution in [0.1, 0.15) is 15.9 Å². The Balaban J connectivity index is 0.00000144. The van der Waals surface area contributed by atoms with Gasteiger partial charge in [-0.2, -0.15) is 0 Å². The van der Waals surface area contributed by atoms with E-state index < -0.39 is 11.7 Å². The monoisotopic (exact) mass is 187 g/mol. The molecule has 1 rings (SSSR count). The van der Waals surface area contributed by atoms with Crippen LogP contribution in [-0.2, 0) is 0 Å². The molecule has 0 unspecified atom stereocenters. The normalized spacial score (nSPS) is 8.62. The smallest absolute Gasteiger partial charge is 0.545 e. The van der Waals surface area contributed by atoms with Crippen LogP contribution in [0.5, 0.6) is 5.75 Å². The van der Waals surface area contributed by atoms with E-state index in [1.54, 1.807) is 0 Å². The van der Waals surface area contributed by atoms with Gasteiger partial charge in [0.25, 0.3) is 0 Å². The molecular weight excluding hydrogens is 181 g/mol. The number of para-hydroxylation sites is 1. The van der Waals surface area contributed by atoms with E-state index in [2.05, 4.69) is 0 Å². The zero-order chi connectivity index (χ0) is 9.14. The molecule has 0 aromatic heterocycles. The summed E-state index contributed by atoms with van der Waals surface area (Å²) in [5.41, 5.74) is -0.132. The van der Waals surface area contributed by atoms with Gasteiger partial charge in [-0.3, -0.25) is 0 Å². The average molecular weight is 187 g/mol. The molecule has 13 heavy (non-hydrogen) atoms. The molecular formula is C8H6NNaO3. The zero-order valence-electron chi connectivity index (χ0n) is 7.07. The molecule has 0 bridgehead atoms. The minimum Gasteiger partial charge on any atom is -0.545 e. The number of phenols is 1. The van der Waals surface area contributed by atoms with E-state index in [1.165, 1.54) is 18.2 Å². The quantitative estimate of drug-likeness (QED) is 0.377. The molecule has 2 N–H and O–H groups in total. The van der Waals surface area contributed by atoms with E-state index in [0.717, 1.165) is 6.21 Å². The van der Waals surface area contributed by atoms with Gasteiger partial charge >= 0.3 is 29.6 Å².